The van der Waals surface area contributed by atoms with E-state index in [4.69, 9.17) is 0 Å². The fourth-order valence-corrected chi connectivity index (χ4v) is 4.38. The van der Waals surface area contributed by atoms with E-state index < -0.39 is 0 Å². The van der Waals surface area contributed by atoms with Crippen LogP contribution in [0.25, 0.3) is 11.1 Å². The van der Waals surface area contributed by atoms with Gasteiger partial charge in [0.15, 0.2) is 5.78 Å². The van der Waals surface area contributed by atoms with Gasteiger partial charge in [0.1, 0.15) is 5.82 Å². The SMILES string of the molecule is Cc1sc(C(=O)Cc2ccc(N3CCNCC3)nc2)cc1-c1ccccc1. The van der Waals surface area contributed by atoms with Crippen LogP contribution in [0, 0.1) is 6.92 Å². The quantitative estimate of drug-likeness (QED) is 0.684. The van der Waals surface area contributed by atoms with E-state index in [1.54, 1.807) is 11.3 Å². The minimum Gasteiger partial charge on any atom is -0.354 e. The van der Waals surface area contributed by atoms with Gasteiger partial charge in [-0.25, -0.2) is 4.98 Å². The van der Waals surface area contributed by atoms with Crippen molar-refractivity contribution in [2.75, 3.05) is 31.1 Å². The molecule has 0 aliphatic carbocycles. The highest BCUT2D eigenvalue weighted by atomic mass is 32.1. The number of ketones is 1. The highest BCUT2D eigenvalue weighted by molar-refractivity contribution is 7.14. The van der Waals surface area contributed by atoms with Crippen molar-refractivity contribution in [3.8, 4) is 11.1 Å². The number of hydrogen-bond acceptors (Lipinski definition) is 5. The molecule has 5 heteroatoms. The van der Waals surface area contributed by atoms with E-state index in [0.29, 0.717) is 6.42 Å². The summed E-state index contributed by atoms with van der Waals surface area (Å²) >= 11 is 1.58. The monoisotopic (exact) mass is 377 g/mol. The van der Waals surface area contributed by atoms with E-state index in [2.05, 4.69) is 34.3 Å². The number of pyridine rings is 1. The molecule has 2 aromatic heterocycles. The van der Waals surface area contributed by atoms with Crippen LogP contribution in [-0.4, -0.2) is 36.9 Å². The van der Waals surface area contributed by atoms with Gasteiger partial charge in [-0.05, 0) is 35.7 Å². The molecule has 27 heavy (non-hydrogen) atoms. The topological polar surface area (TPSA) is 45.2 Å². The van der Waals surface area contributed by atoms with Crippen LogP contribution in [0.3, 0.4) is 0 Å². The fraction of sp³-hybridized carbons (Fsp3) is 0.273. The molecular formula is C22H23N3OS. The Bertz CT molecular complexity index is 912. The molecule has 0 unspecified atom stereocenters. The number of anilines is 1. The fourth-order valence-electron chi connectivity index (χ4n) is 3.40. The average molecular weight is 378 g/mol. The number of aromatic nitrogens is 1. The number of hydrogen-bond donors (Lipinski definition) is 1. The number of aryl methyl sites for hydroxylation is 1. The molecule has 1 saturated heterocycles. The predicted molar refractivity (Wildman–Crippen MR) is 112 cm³/mol. The van der Waals surface area contributed by atoms with Gasteiger partial charge in [-0.1, -0.05) is 36.4 Å². The highest BCUT2D eigenvalue weighted by Gasteiger charge is 2.15. The number of rotatable bonds is 5. The standard InChI is InChI=1S/C22H23N3OS/c1-16-19(18-5-3-2-4-6-18)14-21(27-16)20(26)13-17-7-8-22(24-15-17)25-11-9-23-10-12-25/h2-8,14-15,23H,9-13H2,1H3. The smallest absolute Gasteiger partial charge is 0.177 e. The Morgan fingerprint density at radius 2 is 1.93 bits per heavy atom. The molecule has 3 heterocycles. The first-order chi connectivity index (χ1) is 13.2. The van der Waals surface area contributed by atoms with Gasteiger partial charge in [-0.15, -0.1) is 11.3 Å². The lowest BCUT2D eigenvalue weighted by Crippen LogP contribution is -2.43. The van der Waals surface area contributed by atoms with Crippen molar-refractivity contribution in [1.29, 1.82) is 0 Å². The molecule has 1 fully saturated rings. The summed E-state index contributed by atoms with van der Waals surface area (Å²) in [5.74, 6) is 1.15. The van der Waals surface area contributed by atoms with Crippen molar-refractivity contribution in [2.45, 2.75) is 13.3 Å². The first kappa shape index (κ1) is 17.9. The molecule has 0 atom stereocenters. The summed E-state index contributed by atoms with van der Waals surface area (Å²) in [6.45, 7) is 6.00. The average Bonchev–Trinajstić information content (AvgIpc) is 3.12. The minimum absolute atomic E-state index is 0.155. The molecule has 4 rings (SSSR count). The molecule has 0 saturated carbocycles. The van der Waals surface area contributed by atoms with Crippen molar-refractivity contribution in [3.05, 3.63) is 70.0 Å². The maximum absolute atomic E-state index is 12.8. The van der Waals surface area contributed by atoms with Gasteiger partial charge in [0.2, 0.25) is 0 Å². The third-order valence-electron chi connectivity index (χ3n) is 4.89. The third kappa shape index (κ3) is 4.10. The molecule has 138 valence electrons. The Kier molecular flexibility index (Phi) is 5.32. The Morgan fingerprint density at radius 3 is 2.63 bits per heavy atom. The van der Waals surface area contributed by atoms with Gasteiger partial charge < -0.3 is 10.2 Å². The summed E-state index contributed by atoms with van der Waals surface area (Å²) in [7, 11) is 0. The second-order valence-corrected chi connectivity index (χ2v) is 8.06. The van der Waals surface area contributed by atoms with E-state index >= 15 is 0 Å². The van der Waals surface area contributed by atoms with Crippen LogP contribution in [0.5, 0.6) is 0 Å². The number of benzene rings is 1. The summed E-state index contributed by atoms with van der Waals surface area (Å²) in [5, 5.41) is 3.35. The summed E-state index contributed by atoms with van der Waals surface area (Å²) in [5.41, 5.74) is 3.27. The minimum atomic E-state index is 0.155. The largest absolute Gasteiger partial charge is 0.354 e. The predicted octanol–water partition coefficient (Wildman–Crippen LogP) is 3.95. The Morgan fingerprint density at radius 1 is 1.15 bits per heavy atom. The molecule has 3 aromatic rings. The van der Waals surface area contributed by atoms with Crippen LogP contribution in [0.2, 0.25) is 0 Å². The number of nitrogens with one attached hydrogen (secondary N) is 1. The Balaban J connectivity index is 1.46. The third-order valence-corrected chi connectivity index (χ3v) is 5.98. The molecule has 1 aliphatic heterocycles. The maximum atomic E-state index is 12.8. The lowest BCUT2D eigenvalue weighted by molar-refractivity contribution is 0.0996. The molecule has 1 aromatic carbocycles. The zero-order valence-electron chi connectivity index (χ0n) is 15.4. The second-order valence-electron chi connectivity index (χ2n) is 6.81. The number of carbonyl (C=O) groups is 1. The summed E-state index contributed by atoms with van der Waals surface area (Å²) in [4.78, 5) is 21.6. The van der Waals surface area contributed by atoms with Crippen molar-refractivity contribution >= 4 is 22.9 Å². The molecule has 4 nitrogen and oxygen atoms in total. The van der Waals surface area contributed by atoms with Crippen molar-refractivity contribution < 1.29 is 4.79 Å². The number of carbonyl (C=O) groups excluding carboxylic acids is 1. The van der Waals surface area contributed by atoms with Crippen LogP contribution in [-0.2, 0) is 6.42 Å². The van der Waals surface area contributed by atoms with Gasteiger partial charge in [0.05, 0.1) is 4.88 Å². The zero-order chi connectivity index (χ0) is 18.6. The van der Waals surface area contributed by atoms with Crippen LogP contribution in [0.4, 0.5) is 5.82 Å². The number of thiophene rings is 1. The van der Waals surface area contributed by atoms with Gasteiger partial charge in [-0.2, -0.15) is 0 Å². The maximum Gasteiger partial charge on any atom is 0.177 e. The molecule has 1 aliphatic rings. The first-order valence-corrected chi connectivity index (χ1v) is 10.1. The van der Waals surface area contributed by atoms with Crippen molar-refractivity contribution in [1.82, 2.24) is 10.3 Å². The first-order valence-electron chi connectivity index (χ1n) is 9.30. The molecule has 0 bridgehead atoms. The summed E-state index contributed by atoms with van der Waals surface area (Å²) in [6, 6.07) is 16.3. The Hall–Kier alpha value is -2.50. The van der Waals surface area contributed by atoms with E-state index in [1.165, 1.54) is 4.88 Å². The molecular weight excluding hydrogens is 354 g/mol. The van der Waals surface area contributed by atoms with Crippen molar-refractivity contribution in [2.24, 2.45) is 0 Å². The molecule has 0 radical (unpaired) electrons. The lowest BCUT2D eigenvalue weighted by Gasteiger charge is -2.28. The van der Waals surface area contributed by atoms with Crippen LogP contribution < -0.4 is 10.2 Å². The normalized spacial score (nSPS) is 14.3. The zero-order valence-corrected chi connectivity index (χ0v) is 16.3. The van der Waals surface area contributed by atoms with Crippen LogP contribution >= 0.6 is 11.3 Å². The van der Waals surface area contributed by atoms with Gasteiger partial charge in [0, 0.05) is 43.7 Å². The van der Waals surface area contributed by atoms with Crippen LogP contribution in [0.15, 0.2) is 54.7 Å². The molecule has 0 spiro atoms. The van der Waals surface area contributed by atoms with E-state index in [0.717, 1.165) is 53.6 Å². The van der Waals surface area contributed by atoms with Gasteiger partial charge >= 0.3 is 0 Å². The summed E-state index contributed by atoms with van der Waals surface area (Å²) in [6.07, 6.45) is 2.23. The van der Waals surface area contributed by atoms with E-state index in [9.17, 15) is 4.79 Å². The van der Waals surface area contributed by atoms with Gasteiger partial charge in [-0.3, -0.25) is 4.79 Å². The molecule has 1 N–H and O–H groups in total. The van der Waals surface area contributed by atoms with Crippen LogP contribution in [0.1, 0.15) is 20.1 Å². The van der Waals surface area contributed by atoms with Crippen molar-refractivity contribution in [3.63, 3.8) is 0 Å². The van der Waals surface area contributed by atoms with E-state index in [-0.39, 0.29) is 5.78 Å². The second kappa shape index (κ2) is 8.03. The lowest BCUT2D eigenvalue weighted by atomic mass is 10.0. The Labute approximate surface area is 163 Å². The van der Waals surface area contributed by atoms with E-state index in [1.807, 2.05) is 42.6 Å². The highest BCUT2D eigenvalue weighted by Crippen LogP contribution is 2.31. The molecule has 0 amide bonds. The van der Waals surface area contributed by atoms with Gasteiger partial charge in [0.25, 0.3) is 0 Å². The summed E-state index contributed by atoms with van der Waals surface area (Å²) < 4.78 is 0. The number of Topliss-reactive ketones (excluding diaryl/α,β-unsaturated/α-hetero) is 1. The number of nitrogens with zero attached hydrogens (tertiary/aromatic N) is 2. The number of piperazine rings is 1.